The molecule has 1 aliphatic rings. The number of rotatable bonds is 4. The highest BCUT2D eigenvalue weighted by Crippen LogP contribution is 2.22. The molecule has 0 saturated carbocycles. The molecule has 5 nitrogen and oxygen atoms in total. The summed E-state index contributed by atoms with van der Waals surface area (Å²) in [6, 6.07) is 3.25. The quantitative estimate of drug-likeness (QED) is 0.836. The smallest absolute Gasteiger partial charge is 0.257 e. The summed E-state index contributed by atoms with van der Waals surface area (Å²) < 4.78 is 5.23. The molecule has 2 heterocycles. The average Bonchev–Trinajstić information content (AvgIpc) is 2.86. The molecule has 6 heteroatoms. The van der Waals surface area contributed by atoms with Gasteiger partial charge >= 0.3 is 0 Å². The number of hydrogen-bond acceptors (Lipinski definition) is 5. The zero-order valence-electron chi connectivity index (χ0n) is 11.1. The lowest BCUT2D eigenvalue weighted by Crippen LogP contribution is -2.46. The van der Waals surface area contributed by atoms with Gasteiger partial charge in [0.05, 0.1) is 30.9 Å². The van der Waals surface area contributed by atoms with Crippen molar-refractivity contribution in [3.8, 4) is 0 Å². The van der Waals surface area contributed by atoms with Crippen molar-refractivity contribution >= 4 is 17.7 Å². The van der Waals surface area contributed by atoms with E-state index in [1.165, 1.54) is 11.8 Å². The van der Waals surface area contributed by atoms with Gasteiger partial charge < -0.3 is 14.7 Å². The largest absolute Gasteiger partial charge is 0.388 e. The molecule has 0 aliphatic carbocycles. The highest BCUT2D eigenvalue weighted by Gasteiger charge is 2.34. The summed E-state index contributed by atoms with van der Waals surface area (Å²) in [6.45, 7) is 3.11. The molecule has 19 heavy (non-hydrogen) atoms. The minimum absolute atomic E-state index is 0.102. The van der Waals surface area contributed by atoms with Crippen molar-refractivity contribution in [2.24, 2.45) is 0 Å². The fourth-order valence-corrected chi connectivity index (χ4v) is 2.77. The van der Waals surface area contributed by atoms with E-state index in [1.54, 1.807) is 23.2 Å². The molecule has 1 aromatic heterocycles. The van der Waals surface area contributed by atoms with Gasteiger partial charge in [0.25, 0.3) is 5.91 Å². The van der Waals surface area contributed by atoms with Crippen molar-refractivity contribution in [1.82, 2.24) is 9.88 Å². The zero-order valence-corrected chi connectivity index (χ0v) is 11.9. The molecule has 1 aromatic rings. The minimum Gasteiger partial charge on any atom is -0.388 e. The molecule has 1 fully saturated rings. The number of carbonyl (C=O) groups excluding carboxylic acids is 1. The number of thioether (sulfide) groups is 1. The van der Waals surface area contributed by atoms with Crippen LogP contribution in [0.3, 0.4) is 0 Å². The van der Waals surface area contributed by atoms with Gasteiger partial charge in [-0.25, -0.2) is 4.98 Å². The van der Waals surface area contributed by atoms with Gasteiger partial charge in [-0.2, -0.15) is 0 Å². The Bertz CT molecular complexity index is 455. The van der Waals surface area contributed by atoms with E-state index in [4.69, 9.17) is 4.74 Å². The Balaban J connectivity index is 2.25. The first kappa shape index (κ1) is 14.3. The predicted molar refractivity (Wildman–Crippen MR) is 73.3 cm³/mol. The van der Waals surface area contributed by atoms with E-state index in [-0.39, 0.29) is 18.6 Å². The predicted octanol–water partition coefficient (Wildman–Crippen LogP) is 1.03. The highest BCUT2D eigenvalue weighted by atomic mass is 32.2. The Morgan fingerprint density at radius 3 is 3.00 bits per heavy atom. The molecule has 0 spiro atoms. The first-order chi connectivity index (χ1) is 9.19. The Morgan fingerprint density at radius 2 is 2.42 bits per heavy atom. The van der Waals surface area contributed by atoms with Gasteiger partial charge in [-0.1, -0.05) is 0 Å². The third-order valence-corrected chi connectivity index (χ3v) is 3.93. The molecule has 1 saturated heterocycles. The van der Waals surface area contributed by atoms with Crippen molar-refractivity contribution in [2.75, 3.05) is 26.0 Å². The van der Waals surface area contributed by atoms with Crippen molar-refractivity contribution < 1.29 is 14.6 Å². The summed E-state index contributed by atoms with van der Waals surface area (Å²) >= 11 is 1.44. The second kappa shape index (κ2) is 6.36. The van der Waals surface area contributed by atoms with E-state index < -0.39 is 6.10 Å². The molecule has 1 aliphatic heterocycles. The maximum absolute atomic E-state index is 12.6. The van der Waals surface area contributed by atoms with Crippen LogP contribution in [0.4, 0.5) is 0 Å². The van der Waals surface area contributed by atoms with Crippen molar-refractivity contribution in [2.45, 2.75) is 24.1 Å². The molecule has 1 amide bonds. The molecule has 0 unspecified atom stereocenters. The second-order valence-corrected chi connectivity index (χ2v) is 5.12. The number of aliphatic hydroxyl groups is 1. The Labute approximate surface area is 117 Å². The van der Waals surface area contributed by atoms with Gasteiger partial charge in [0.1, 0.15) is 5.03 Å². The molecule has 0 bridgehead atoms. The fourth-order valence-electron chi connectivity index (χ4n) is 2.23. The van der Waals surface area contributed by atoms with Crippen LogP contribution in [0.2, 0.25) is 0 Å². The van der Waals surface area contributed by atoms with E-state index >= 15 is 0 Å². The topological polar surface area (TPSA) is 62.7 Å². The third kappa shape index (κ3) is 2.91. The highest BCUT2D eigenvalue weighted by molar-refractivity contribution is 7.98. The Morgan fingerprint density at radius 1 is 1.63 bits per heavy atom. The van der Waals surface area contributed by atoms with Gasteiger partial charge in [0, 0.05) is 12.7 Å². The van der Waals surface area contributed by atoms with E-state index in [0.717, 1.165) is 0 Å². The number of ether oxygens (including phenoxy) is 1. The summed E-state index contributed by atoms with van der Waals surface area (Å²) in [6.07, 6.45) is 2.95. The lowest BCUT2D eigenvalue weighted by Gasteiger charge is -2.29. The van der Waals surface area contributed by atoms with Crippen molar-refractivity contribution in [1.29, 1.82) is 0 Å². The number of hydrogen-bond donors (Lipinski definition) is 1. The first-order valence-corrected chi connectivity index (χ1v) is 7.47. The van der Waals surface area contributed by atoms with Crippen LogP contribution in [-0.4, -0.2) is 59.1 Å². The van der Waals surface area contributed by atoms with Gasteiger partial charge in [-0.05, 0) is 25.3 Å². The normalized spacial score (nSPS) is 22.5. The number of nitrogens with zero attached hydrogens (tertiary/aromatic N) is 2. The summed E-state index contributed by atoms with van der Waals surface area (Å²) in [5, 5.41) is 10.6. The molecule has 1 N–H and O–H groups in total. The van der Waals surface area contributed by atoms with Gasteiger partial charge in [-0.3, -0.25) is 4.79 Å². The molecule has 104 valence electrons. The van der Waals surface area contributed by atoms with E-state index in [0.29, 0.717) is 23.7 Å². The van der Waals surface area contributed by atoms with E-state index in [9.17, 15) is 9.90 Å². The van der Waals surface area contributed by atoms with Crippen LogP contribution in [0, 0.1) is 0 Å². The van der Waals surface area contributed by atoms with Crippen molar-refractivity contribution in [3.05, 3.63) is 23.9 Å². The average molecular weight is 282 g/mol. The van der Waals surface area contributed by atoms with Crippen LogP contribution in [0.25, 0.3) is 0 Å². The number of amides is 1. The maximum Gasteiger partial charge on any atom is 0.257 e. The number of likely N-dealkylation sites (N-methyl/N-ethyl adjacent to an activating group) is 1. The van der Waals surface area contributed by atoms with Gasteiger partial charge in [0.2, 0.25) is 0 Å². The fraction of sp³-hybridized carbons (Fsp3) is 0.538. The molecular formula is C13H18N2O3S. The van der Waals surface area contributed by atoms with E-state index in [1.807, 2.05) is 13.2 Å². The van der Waals surface area contributed by atoms with Crippen LogP contribution in [0.15, 0.2) is 23.4 Å². The first-order valence-electron chi connectivity index (χ1n) is 6.24. The second-order valence-electron chi connectivity index (χ2n) is 4.32. The third-order valence-electron chi connectivity index (χ3n) is 3.22. The number of aliphatic hydroxyl groups excluding tert-OH is 1. The van der Waals surface area contributed by atoms with Gasteiger partial charge in [-0.15, -0.1) is 11.8 Å². The van der Waals surface area contributed by atoms with Crippen LogP contribution in [0.5, 0.6) is 0 Å². The molecular weight excluding hydrogens is 264 g/mol. The summed E-state index contributed by atoms with van der Waals surface area (Å²) in [7, 11) is 0. The van der Waals surface area contributed by atoms with Crippen LogP contribution < -0.4 is 0 Å². The molecule has 2 rings (SSSR count). The lowest BCUT2D eigenvalue weighted by molar-refractivity contribution is 0.0516. The van der Waals surface area contributed by atoms with Gasteiger partial charge in [0.15, 0.2) is 0 Å². The van der Waals surface area contributed by atoms with Crippen LogP contribution in [0.1, 0.15) is 17.3 Å². The van der Waals surface area contributed by atoms with Crippen molar-refractivity contribution in [3.63, 3.8) is 0 Å². The summed E-state index contributed by atoms with van der Waals surface area (Å²) in [4.78, 5) is 18.5. The molecule has 0 radical (unpaired) electrons. The number of aromatic nitrogens is 1. The number of carbonyl (C=O) groups is 1. The summed E-state index contributed by atoms with van der Waals surface area (Å²) in [5.41, 5.74) is 0.580. The molecule has 0 aromatic carbocycles. The Hall–Kier alpha value is -1.11. The molecule has 2 atom stereocenters. The van der Waals surface area contributed by atoms with E-state index in [2.05, 4.69) is 4.98 Å². The standard InChI is InChI=1S/C13H18N2O3S/c1-3-15(10-7-18-8-11(10)16)13(17)9-5-4-6-14-12(9)19-2/h4-6,10-11,16H,3,7-8H2,1-2H3/t10-,11-/m1/s1. The van der Waals surface area contributed by atoms with Crippen LogP contribution >= 0.6 is 11.8 Å². The monoisotopic (exact) mass is 282 g/mol. The minimum atomic E-state index is -0.613. The zero-order chi connectivity index (χ0) is 13.8. The van der Waals surface area contributed by atoms with Crippen LogP contribution in [-0.2, 0) is 4.74 Å². The lowest BCUT2D eigenvalue weighted by atomic mass is 10.1. The summed E-state index contributed by atoms with van der Waals surface area (Å²) in [5.74, 6) is -0.102. The number of pyridine rings is 1. The Kier molecular flexibility index (Phi) is 4.79. The SMILES string of the molecule is CCN(C(=O)c1cccnc1SC)[C@@H]1COC[C@H]1O. The maximum atomic E-state index is 12.6.